The van der Waals surface area contributed by atoms with Crippen LogP contribution in [-0.4, -0.2) is 22.2 Å². The molecule has 1 aliphatic rings. The quantitative estimate of drug-likeness (QED) is 0.0593. The van der Waals surface area contributed by atoms with E-state index < -0.39 is 149 Å². The van der Waals surface area contributed by atoms with E-state index >= 15 is 0 Å². The zero-order valence-electron chi connectivity index (χ0n) is 70.2. The zero-order chi connectivity index (χ0) is 79.9. The Kier molecular flexibility index (Phi) is 9.21. The van der Waals surface area contributed by atoms with Crippen molar-refractivity contribution in [2.75, 3.05) is 0 Å². The van der Waals surface area contributed by atoms with Crippen LogP contribution in [0.2, 0.25) is 0 Å². The van der Waals surface area contributed by atoms with Gasteiger partial charge in [-0.25, -0.2) is 4.98 Å². The number of rotatable bonds is 10. The van der Waals surface area contributed by atoms with Gasteiger partial charge in [0.15, 0.2) is 8.07 Å². The summed E-state index contributed by atoms with van der Waals surface area (Å²) in [7, 11) is -6.21. The Morgan fingerprint density at radius 2 is 1.05 bits per heavy atom. The predicted molar refractivity (Wildman–Crippen MR) is 393 cm³/mol. The molecule has 1 aliphatic heterocycles. The van der Waals surface area contributed by atoms with Crippen molar-refractivity contribution in [2.24, 2.45) is 0 Å². The fraction of sp³-hybridized carbons (Fsp3) is 0.0455. The van der Waals surface area contributed by atoms with Gasteiger partial charge in [0.1, 0.15) is 28.5 Å². The molecule has 0 bridgehead atoms. The minimum atomic E-state index is -6.21. The minimum absolute atomic E-state index is 0.0157. The van der Waals surface area contributed by atoms with E-state index in [-0.39, 0.29) is 11.0 Å². The van der Waals surface area contributed by atoms with Gasteiger partial charge in [0.2, 0.25) is 0 Å². The van der Waals surface area contributed by atoms with Crippen molar-refractivity contribution in [1.29, 1.82) is 0 Å². The highest BCUT2D eigenvalue weighted by molar-refractivity contribution is 7.20. The van der Waals surface area contributed by atoms with Crippen LogP contribution in [0.15, 0.2) is 326 Å². The first-order valence-electron chi connectivity index (χ1n) is 40.5. The van der Waals surface area contributed by atoms with Crippen molar-refractivity contribution in [3.05, 3.63) is 333 Å². The molecule has 0 unspecified atom stereocenters. The van der Waals surface area contributed by atoms with Gasteiger partial charge in [0.25, 0.3) is 6.33 Å². The number of aromatic nitrogens is 4. The smallest absolute Gasteiger partial charge is 0.269 e. The largest absolute Gasteiger partial charge is 0.458 e. The van der Waals surface area contributed by atoms with E-state index in [0.29, 0.717) is 56.3 Å². The van der Waals surface area contributed by atoms with E-state index in [9.17, 15) is 21.9 Å². The average Bonchev–Trinajstić information content (AvgIpc) is 1.67. The van der Waals surface area contributed by atoms with Crippen LogP contribution in [0.5, 0.6) is 11.5 Å². The number of ether oxygens (including phenoxy) is 1. The number of furan rings is 1. The van der Waals surface area contributed by atoms with E-state index in [1.807, 2.05) is 167 Å². The summed E-state index contributed by atoms with van der Waals surface area (Å²) in [4.78, 5) is 4.91. The summed E-state index contributed by atoms with van der Waals surface area (Å²) in [5.41, 5.74) is 11.9. The number of fused-ring (bicyclic) bond motifs is 13. The van der Waals surface area contributed by atoms with Crippen LogP contribution in [0.25, 0.3) is 128 Å². The summed E-state index contributed by atoms with van der Waals surface area (Å²) >= 11 is 0. The van der Waals surface area contributed by atoms with Crippen LogP contribution in [0.1, 0.15) is 52.4 Å². The normalized spacial score (nSPS) is 15.0. The summed E-state index contributed by atoms with van der Waals surface area (Å²) < 4.78 is 201. The second-order valence-electron chi connectivity index (χ2n) is 24.5. The molecule has 0 amide bonds. The molecule has 95 heavy (non-hydrogen) atoms. The van der Waals surface area contributed by atoms with Gasteiger partial charge in [-0.15, -0.1) is 0 Å². The van der Waals surface area contributed by atoms with Gasteiger partial charge >= 0.3 is 0 Å². The molecular formula is C88H62N4O2Si. The van der Waals surface area contributed by atoms with Crippen LogP contribution >= 0.6 is 0 Å². The Labute approximate surface area is 578 Å². The third-order valence-corrected chi connectivity index (χ3v) is 22.2. The average molecular weight is 1250 g/mol. The highest BCUT2D eigenvalue weighted by atomic mass is 28.3. The lowest BCUT2D eigenvalue weighted by Gasteiger charge is -2.34. The summed E-state index contributed by atoms with van der Waals surface area (Å²) in [6.07, 6.45) is 5.70. The van der Waals surface area contributed by atoms with Crippen LogP contribution in [-0.2, 0) is 5.41 Å². The molecule has 7 heteroatoms. The Balaban J connectivity index is 0.903. The number of imidazole rings is 1. The molecule has 0 atom stereocenters. The molecule has 17 aromatic rings. The van der Waals surface area contributed by atoms with Crippen LogP contribution in [0, 0.1) is 6.33 Å². The van der Waals surface area contributed by atoms with Crippen molar-refractivity contribution in [3.8, 4) is 84.3 Å². The molecule has 4 aromatic heterocycles. The fourth-order valence-corrected chi connectivity index (χ4v) is 17.4. The van der Waals surface area contributed by atoms with E-state index in [4.69, 9.17) is 18.3 Å². The maximum absolute atomic E-state index is 10.9. The lowest BCUT2D eigenvalue weighted by Crippen LogP contribution is -2.74. The Bertz CT molecular complexity index is 6850. The SMILES string of the molecule is [2H]c1c([2H])c([2H])c([Si](c2c([2H])c([2H])c([2H])c([2H])c2[2H])(c2c([2H])c([2H])c([2H])c([2H])c2[2H])c2c([2H])c([2H])c([2H])c(-c3ccc4c(c3)-c3cccc(-c5ccc6oc7ccccc7c6c5)c3-[n+]3[c-]n(-c5cccc(Oc6ccc7c8ccccc8n(-c8cc(C(C)(C)C)ccn8)c7c6)c5)c5cccc(c53)-c3ccccc3-4)c2[2H])c([2H])c1[2H]. The molecule has 13 aromatic carbocycles. The second-order valence-corrected chi connectivity index (χ2v) is 28.0. The first-order chi connectivity index (χ1) is 54.6. The van der Waals surface area contributed by atoms with Crippen molar-refractivity contribution in [1.82, 2.24) is 14.1 Å². The Morgan fingerprint density at radius 1 is 0.442 bits per heavy atom. The molecule has 450 valence electrons. The van der Waals surface area contributed by atoms with Crippen molar-refractivity contribution >= 4 is 83.6 Å². The summed E-state index contributed by atoms with van der Waals surface area (Å²) in [6.45, 7) is 6.53. The van der Waals surface area contributed by atoms with Crippen LogP contribution in [0.3, 0.4) is 0 Å². The van der Waals surface area contributed by atoms with Gasteiger partial charge < -0.3 is 9.15 Å². The van der Waals surface area contributed by atoms with Crippen LogP contribution < -0.4 is 30.1 Å². The maximum Gasteiger partial charge on any atom is 0.269 e. The summed E-state index contributed by atoms with van der Waals surface area (Å²) in [6, 6.07) is 45.3. The molecule has 0 saturated carbocycles. The van der Waals surface area contributed by atoms with Crippen molar-refractivity contribution < 1.29 is 39.8 Å². The van der Waals surface area contributed by atoms with E-state index in [1.54, 1.807) is 18.2 Å². The van der Waals surface area contributed by atoms with E-state index in [2.05, 4.69) is 62.0 Å². The van der Waals surface area contributed by atoms with Crippen molar-refractivity contribution in [3.63, 3.8) is 0 Å². The van der Waals surface area contributed by atoms with Gasteiger partial charge in [-0.1, -0.05) is 257 Å². The maximum atomic E-state index is 10.9. The van der Waals surface area contributed by atoms with Gasteiger partial charge in [0.05, 0.1) is 59.5 Å². The second kappa shape index (κ2) is 22.2. The first kappa shape index (κ1) is 39.5. The number of hydrogen-bond acceptors (Lipinski definition) is 3. The molecule has 0 N–H and O–H groups in total. The van der Waals surface area contributed by atoms with Crippen molar-refractivity contribution in [2.45, 2.75) is 26.2 Å². The Hall–Kier alpha value is -11.9. The lowest BCUT2D eigenvalue weighted by atomic mass is 9.86. The van der Waals surface area contributed by atoms with E-state index in [0.717, 1.165) is 77.2 Å². The van der Waals surface area contributed by atoms with Gasteiger partial charge in [-0.3, -0.25) is 13.7 Å². The number of benzene rings is 13. The molecule has 0 radical (unpaired) electrons. The lowest BCUT2D eigenvalue weighted by molar-refractivity contribution is -0.570. The fourth-order valence-electron chi connectivity index (χ4n) is 13.8. The number of pyridine rings is 1. The molecule has 0 spiro atoms. The molecule has 0 fully saturated rings. The minimum Gasteiger partial charge on any atom is -0.458 e. The first-order valence-corrected chi connectivity index (χ1v) is 33.0. The summed E-state index contributed by atoms with van der Waals surface area (Å²) in [5, 5.41) is 0.103. The molecular weight excluding hydrogens is 1170 g/mol. The predicted octanol–water partition coefficient (Wildman–Crippen LogP) is 19.2. The topological polar surface area (TPSA) is 49.0 Å². The van der Waals surface area contributed by atoms with Crippen LogP contribution in [0.4, 0.5) is 0 Å². The molecule has 6 nitrogen and oxygen atoms in total. The van der Waals surface area contributed by atoms with E-state index in [1.165, 1.54) is 0 Å². The molecule has 18 rings (SSSR count). The highest BCUT2D eigenvalue weighted by Gasteiger charge is 2.41. The zero-order valence-corrected chi connectivity index (χ0v) is 52.2. The highest BCUT2D eigenvalue weighted by Crippen LogP contribution is 2.47. The van der Waals surface area contributed by atoms with Gasteiger partial charge in [-0.05, 0) is 160 Å². The third-order valence-electron chi connectivity index (χ3n) is 18.2. The summed E-state index contributed by atoms with van der Waals surface area (Å²) in [5.74, 6) is 1.87. The van der Waals surface area contributed by atoms with Gasteiger partial charge in [-0.2, -0.15) is 0 Å². The monoisotopic (exact) mass is 1250 g/mol. The number of hydrogen-bond donors (Lipinski definition) is 0. The Morgan fingerprint density at radius 3 is 1.83 bits per heavy atom. The third kappa shape index (κ3) is 9.14. The molecule has 5 heterocycles. The molecule has 0 saturated heterocycles. The van der Waals surface area contributed by atoms with Gasteiger partial charge in [0, 0.05) is 33.8 Å². The standard InChI is InChI=1S/C88H62N4O2Si/c1-88(2,3)61-49-50-89-85(54-61)92-80-40-17-15-35-73(80)74-47-45-64(56-82(74)92)93-63-25-20-24-62(55-63)90-57-91-86-69(60-44-48-84-79(53-60)75-36-16-18-42-83(75)94-84)37-21-38-77(86)78-52-59(43-46-72(78)70-33-13-14-34-71(70)76-39-22-41-81(90)87(76)91)58-23-19-32-68(51-58)95(65-26-7-4-8-27-65,66-28-9-5-10-29-66)67-30-11-6-12-31-67/h4-56H,1-3H3/i4D,5D,6D,7D,8D,9D,10D,11D,12D,19D,23D,26D,27D,28D,29D,30D,31D,32D,51D. The number of nitrogens with zero attached hydrogens (tertiary/aromatic N) is 4. The number of para-hydroxylation sites is 4. The molecule has 0 aliphatic carbocycles.